The number of hydrogen-bond donors (Lipinski definition) is 2. The quantitative estimate of drug-likeness (QED) is 0.833. The number of para-hydroxylation sites is 1. The third-order valence-corrected chi connectivity index (χ3v) is 4.86. The number of amides is 2. The van der Waals surface area contributed by atoms with Crippen LogP contribution >= 0.6 is 0 Å². The maximum Gasteiger partial charge on any atom is 0.313 e. The maximum absolute atomic E-state index is 12.1. The summed E-state index contributed by atoms with van der Waals surface area (Å²) >= 11 is 0. The maximum atomic E-state index is 12.1. The van der Waals surface area contributed by atoms with Crippen molar-refractivity contribution in [1.29, 1.82) is 0 Å². The lowest BCUT2D eigenvalue weighted by Gasteiger charge is -2.34. The van der Waals surface area contributed by atoms with Crippen LogP contribution in [0.3, 0.4) is 0 Å². The Labute approximate surface area is 144 Å². The lowest BCUT2D eigenvalue weighted by atomic mass is 9.96. The van der Waals surface area contributed by atoms with E-state index in [0.29, 0.717) is 18.5 Å². The van der Waals surface area contributed by atoms with Gasteiger partial charge in [-0.25, -0.2) is 0 Å². The number of hydrogen-bond acceptors (Lipinski definition) is 3. The normalized spacial score (nSPS) is 16.2. The van der Waals surface area contributed by atoms with Crippen molar-refractivity contribution in [3.8, 4) is 0 Å². The minimum atomic E-state index is -0.591. The van der Waals surface area contributed by atoms with Gasteiger partial charge in [-0.3, -0.25) is 9.59 Å². The summed E-state index contributed by atoms with van der Waals surface area (Å²) < 4.78 is 0. The van der Waals surface area contributed by atoms with Crippen LogP contribution in [0.25, 0.3) is 0 Å². The Morgan fingerprint density at radius 1 is 1.12 bits per heavy atom. The number of anilines is 1. The summed E-state index contributed by atoms with van der Waals surface area (Å²) in [6, 6.07) is 6.35. The van der Waals surface area contributed by atoms with Crippen LogP contribution in [-0.2, 0) is 9.59 Å². The molecule has 0 spiro atoms. The number of carbonyl (C=O) groups excluding carboxylic acids is 2. The highest BCUT2D eigenvalue weighted by atomic mass is 16.2. The third-order valence-electron chi connectivity index (χ3n) is 4.86. The first-order chi connectivity index (χ1) is 11.4. The van der Waals surface area contributed by atoms with Crippen LogP contribution in [0.1, 0.15) is 37.8 Å². The molecule has 0 aliphatic carbocycles. The average Bonchev–Trinajstić information content (AvgIpc) is 2.56. The second-order valence-corrected chi connectivity index (χ2v) is 7.00. The number of aryl methyl sites for hydroxylation is 2. The zero-order valence-electron chi connectivity index (χ0n) is 15.2. The Morgan fingerprint density at radius 2 is 1.71 bits per heavy atom. The number of likely N-dealkylation sites (tertiary alicyclic amines) is 1. The van der Waals surface area contributed by atoms with Crippen molar-refractivity contribution in [2.24, 2.45) is 5.92 Å². The van der Waals surface area contributed by atoms with Crippen LogP contribution in [0, 0.1) is 19.8 Å². The van der Waals surface area contributed by atoms with Gasteiger partial charge in [-0.1, -0.05) is 18.2 Å². The monoisotopic (exact) mass is 331 g/mol. The van der Waals surface area contributed by atoms with Gasteiger partial charge in [-0.15, -0.1) is 0 Å². The molecule has 1 saturated heterocycles. The molecule has 0 aromatic heterocycles. The number of rotatable bonds is 4. The summed E-state index contributed by atoms with van der Waals surface area (Å²) in [7, 11) is 0. The van der Waals surface area contributed by atoms with E-state index < -0.39 is 11.8 Å². The molecule has 1 heterocycles. The van der Waals surface area contributed by atoms with E-state index in [-0.39, 0.29) is 0 Å². The Balaban J connectivity index is 1.80. The number of piperidine rings is 1. The van der Waals surface area contributed by atoms with Crippen LogP contribution in [0.15, 0.2) is 18.2 Å². The van der Waals surface area contributed by atoms with Gasteiger partial charge in [0.1, 0.15) is 0 Å². The van der Waals surface area contributed by atoms with Gasteiger partial charge in [-0.05, 0) is 70.7 Å². The second-order valence-electron chi connectivity index (χ2n) is 7.00. The zero-order valence-corrected chi connectivity index (χ0v) is 15.2. The molecule has 2 amide bonds. The Kier molecular flexibility index (Phi) is 6.37. The van der Waals surface area contributed by atoms with E-state index in [4.69, 9.17) is 0 Å². The summed E-state index contributed by atoms with van der Waals surface area (Å²) in [5.41, 5.74) is 2.64. The van der Waals surface area contributed by atoms with Crippen molar-refractivity contribution >= 4 is 17.5 Å². The van der Waals surface area contributed by atoms with Crippen molar-refractivity contribution in [1.82, 2.24) is 10.2 Å². The van der Waals surface area contributed by atoms with E-state index in [0.717, 1.165) is 42.7 Å². The minimum Gasteiger partial charge on any atom is -0.348 e. The highest BCUT2D eigenvalue weighted by Gasteiger charge is 2.22. The number of nitrogens with zero attached hydrogens (tertiary/aromatic N) is 1. The van der Waals surface area contributed by atoms with Gasteiger partial charge in [0.25, 0.3) is 0 Å². The van der Waals surface area contributed by atoms with Gasteiger partial charge >= 0.3 is 11.8 Å². The van der Waals surface area contributed by atoms with Crippen molar-refractivity contribution in [3.05, 3.63) is 29.3 Å². The molecule has 132 valence electrons. The molecule has 1 aliphatic rings. The first kappa shape index (κ1) is 18.5. The number of carbonyl (C=O) groups is 2. The Morgan fingerprint density at radius 3 is 2.25 bits per heavy atom. The molecule has 1 aromatic rings. The summed E-state index contributed by atoms with van der Waals surface area (Å²) in [5.74, 6) is -0.687. The summed E-state index contributed by atoms with van der Waals surface area (Å²) in [5, 5.41) is 5.51. The molecule has 24 heavy (non-hydrogen) atoms. The first-order valence-electron chi connectivity index (χ1n) is 8.78. The molecule has 0 saturated carbocycles. The molecule has 1 aromatic carbocycles. The molecule has 0 unspecified atom stereocenters. The fourth-order valence-electron chi connectivity index (χ4n) is 3.17. The predicted octanol–water partition coefficient (Wildman–Crippen LogP) is 2.48. The van der Waals surface area contributed by atoms with Crippen LogP contribution in [0.2, 0.25) is 0 Å². The highest BCUT2D eigenvalue weighted by Crippen LogP contribution is 2.20. The zero-order chi connectivity index (χ0) is 17.7. The van der Waals surface area contributed by atoms with Gasteiger partial charge in [0, 0.05) is 18.3 Å². The van der Waals surface area contributed by atoms with Crippen LogP contribution in [-0.4, -0.2) is 42.4 Å². The number of benzene rings is 1. The van der Waals surface area contributed by atoms with E-state index in [9.17, 15) is 9.59 Å². The standard InChI is InChI=1S/C19H29N3O2/c1-13(2)22-10-8-16(9-11-22)12-20-18(23)19(24)21-17-14(3)6-5-7-15(17)4/h5-7,13,16H,8-12H2,1-4H3,(H,20,23)(H,21,24). The van der Waals surface area contributed by atoms with Crippen LogP contribution in [0.5, 0.6) is 0 Å². The van der Waals surface area contributed by atoms with E-state index in [2.05, 4.69) is 29.4 Å². The Hall–Kier alpha value is -1.88. The van der Waals surface area contributed by atoms with Gasteiger partial charge in [0.15, 0.2) is 0 Å². The van der Waals surface area contributed by atoms with E-state index in [1.54, 1.807) is 0 Å². The summed E-state index contributed by atoms with van der Waals surface area (Å²) in [4.78, 5) is 26.6. The van der Waals surface area contributed by atoms with Gasteiger partial charge < -0.3 is 15.5 Å². The van der Waals surface area contributed by atoms with Gasteiger partial charge in [0.05, 0.1) is 0 Å². The molecule has 5 heteroatoms. The van der Waals surface area contributed by atoms with Gasteiger partial charge in [-0.2, -0.15) is 0 Å². The SMILES string of the molecule is Cc1cccc(C)c1NC(=O)C(=O)NCC1CCN(C(C)C)CC1. The van der Waals surface area contributed by atoms with Crippen molar-refractivity contribution in [2.75, 3.05) is 25.0 Å². The van der Waals surface area contributed by atoms with Crippen molar-refractivity contribution < 1.29 is 9.59 Å². The van der Waals surface area contributed by atoms with E-state index >= 15 is 0 Å². The largest absolute Gasteiger partial charge is 0.348 e. The second kappa shape index (κ2) is 8.29. The van der Waals surface area contributed by atoms with E-state index in [1.165, 1.54) is 0 Å². The van der Waals surface area contributed by atoms with Crippen molar-refractivity contribution in [3.63, 3.8) is 0 Å². The van der Waals surface area contributed by atoms with Crippen LogP contribution < -0.4 is 10.6 Å². The molecule has 1 aliphatic heterocycles. The Bertz CT molecular complexity index is 570. The molecule has 1 fully saturated rings. The van der Waals surface area contributed by atoms with E-state index in [1.807, 2.05) is 32.0 Å². The molecule has 0 atom stereocenters. The molecule has 0 radical (unpaired) electrons. The van der Waals surface area contributed by atoms with Gasteiger partial charge in [0.2, 0.25) is 0 Å². The fraction of sp³-hybridized carbons (Fsp3) is 0.579. The predicted molar refractivity (Wildman–Crippen MR) is 97.0 cm³/mol. The highest BCUT2D eigenvalue weighted by molar-refractivity contribution is 6.39. The molecule has 2 N–H and O–H groups in total. The first-order valence-corrected chi connectivity index (χ1v) is 8.78. The summed E-state index contributed by atoms with van der Waals surface area (Å²) in [6.07, 6.45) is 2.13. The molecule has 0 bridgehead atoms. The fourth-order valence-corrected chi connectivity index (χ4v) is 3.17. The smallest absolute Gasteiger partial charge is 0.313 e. The molecule has 5 nitrogen and oxygen atoms in total. The minimum absolute atomic E-state index is 0.456. The molecule has 2 rings (SSSR count). The third kappa shape index (κ3) is 4.81. The van der Waals surface area contributed by atoms with Crippen molar-refractivity contribution in [2.45, 2.75) is 46.6 Å². The topological polar surface area (TPSA) is 61.4 Å². The molecular formula is C19H29N3O2. The average molecular weight is 331 g/mol. The van der Waals surface area contributed by atoms with Crippen LogP contribution in [0.4, 0.5) is 5.69 Å². The summed E-state index contributed by atoms with van der Waals surface area (Å²) in [6.45, 7) is 11.0. The molecular weight excluding hydrogens is 302 g/mol. The number of nitrogens with one attached hydrogen (secondary N) is 2. The lowest BCUT2D eigenvalue weighted by molar-refractivity contribution is -0.136. The lowest BCUT2D eigenvalue weighted by Crippen LogP contribution is -2.43.